The number of hydrogen-bond donors (Lipinski definition) is 2. The van der Waals surface area contributed by atoms with E-state index >= 15 is 0 Å². The molecule has 148 valence electrons. The predicted molar refractivity (Wildman–Crippen MR) is 96.2 cm³/mol. The van der Waals surface area contributed by atoms with Gasteiger partial charge < -0.3 is 20.1 Å². The first kappa shape index (κ1) is 20.8. The third kappa shape index (κ3) is 6.67. The molecule has 0 aromatic heterocycles. The van der Waals surface area contributed by atoms with Gasteiger partial charge in [-0.15, -0.1) is 0 Å². The van der Waals surface area contributed by atoms with Crippen LogP contribution in [0.15, 0.2) is 48.5 Å². The van der Waals surface area contributed by atoms with Gasteiger partial charge in [0.2, 0.25) is 5.91 Å². The van der Waals surface area contributed by atoms with Gasteiger partial charge in [-0.2, -0.15) is 8.78 Å². The van der Waals surface area contributed by atoms with Gasteiger partial charge in [-0.3, -0.25) is 14.4 Å². The third-order valence-corrected chi connectivity index (χ3v) is 3.57. The second-order valence-corrected chi connectivity index (χ2v) is 5.58. The maximum Gasteiger partial charge on any atom is 0.387 e. The Balaban J connectivity index is 1.86. The first-order valence-electron chi connectivity index (χ1n) is 8.16. The summed E-state index contributed by atoms with van der Waals surface area (Å²) >= 11 is 0. The molecule has 7 nitrogen and oxygen atoms in total. The highest BCUT2D eigenvalue weighted by atomic mass is 19.3. The fraction of sp³-hybridized carbons (Fsp3) is 0.211. The van der Waals surface area contributed by atoms with Crippen molar-refractivity contribution in [1.82, 2.24) is 5.32 Å². The monoisotopic (exact) mass is 392 g/mol. The molecule has 0 fully saturated rings. The van der Waals surface area contributed by atoms with Gasteiger partial charge >= 0.3 is 12.6 Å². The van der Waals surface area contributed by atoms with Crippen molar-refractivity contribution in [2.45, 2.75) is 13.0 Å². The zero-order chi connectivity index (χ0) is 20.5. The van der Waals surface area contributed by atoms with Crippen molar-refractivity contribution in [3.8, 4) is 5.75 Å². The van der Waals surface area contributed by atoms with E-state index in [2.05, 4.69) is 20.1 Å². The number of rotatable bonds is 8. The van der Waals surface area contributed by atoms with Crippen LogP contribution in [0.2, 0.25) is 0 Å². The number of benzene rings is 2. The molecule has 0 heterocycles. The molecule has 0 unspecified atom stereocenters. The number of methoxy groups -OCH3 is 1. The summed E-state index contributed by atoms with van der Waals surface area (Å²) in [6.07, 6.45) is 0.0380. The fourth-order valence-electron chi connectivity index (χ4n) is 2.21. The van der Waals surface area contributed by atoms with Crippen LogP contribution in [0, 0.1) is 0 Å². The number of carbonyl (C=O) groups excluding carboxylic acids is 3. The molecule has 2 rings (SSSR count). The third-order valence-electron chi connectivity index (χ3n) is 3.57. The van der Waals surface area contributed by atoms with E-state index in [0.29, 0.717) is 16.8 Å². The molecule has 0 radical (unpaired) electrons. The topological polar surface area (TPSA) is 93.7 Å². The molecule has 0 saturated heterocycles. The zero-order valence-corrected chi connectivity index (χ0v) is 14.9. The molecule has 2 N–H and O–H groups in total. The first-order valence-corrected chi connectivity index (χ1v) is 8.16. The Morgan fingerprint density at radius 1 is 1.00 bits per heavy atom. The number of nitrogens with one attached hydrogen (secondary N) is 2. The highest BCUT2D eigenvalue weighted by molar-refractivity contribution is 5.97. The number of anilines is 1. The number of hydrogen-bond acceptors (Lipinski definition) is 5. The van der Waals surface area contributed by atoms with Crippen LogP contribution in [0.25, 0.3) is 0 Å². The van der Waals surface area contributed by atoms with E-state index in [1.807, 2.05) is 0 Å². The van der Waals surface area contributed by atoms with Crippen LogP contribution in [-0.4, -0.2) is 38.0 Å². The largest absolute Gasteiger partial charge is 0.468 e. The lowest BCUT2D eigenvalue weighted by Crippen LogP contribution is -2.30. The van der Waals surface area contributed by atoms with Gasteiger partial charge in [0.25, 0.3) is 5.91 Å². The average molecular weight is 392 g/mol. The molecule has 0 aliphatic carbocycles. The van der Waals surface area contributed by atoms with Crippen molar-refractivity contribution in [2.24, 2.45) is 0 Å². The van der Waals surface area contributed by atoms with Crippen LogP contribution in [0.5, 0.6) is 5.75 Å². The van der Waals surface area contributed by atoms with E-state index < -0.39 is 18.5 Å². The molecule has 0 aliphatic rings. The average Bonchev–Trinajstić information content (AvgIpc) is 2.67. The number of esters is 1. The summed E-state index contributed by atoms with van der Waals surface area (Å²) in [5.74, 6) is -1.31. The van der Waals surface area contributed by atoms with Gasteiger partial charge in [0.15, 0.2) is 0 Å². The second kappa shape index (κ2) is 10.0. The van der Waals surface area contributed by atoms with Crippen LogP contribution in [-0.2, 0) is 20.7 Å². The fourth-order valence-corrected chi connectivity index (χ4v) is 2.21. The molecule has 0 atom stereocenters. The van der Waals surface area contributed by atoms with E-state index in [-0.39, 0.29) is 24.6 Å². The smallest absolute Gasteiger partial charge is 0.387 e. The van der Waals surface area contributed by atoms with Gasteiger partial charge in [0.1, 0.15) is 12.3 Å². The highest BCUT2D eigenvalue weighted by Crippen LogP contribution is 2.16. The van der Waals surface area contributed by atoms with E-state index in [0.717, 1.165) is 0 Å². The Bertz CT molecular complexity index is 823. The van der Waals surface area contributed by atoms with Gasteiger partial charge in [-0.25, -0.2) is 0 Å². The van der Waals surface area contributed by atoms with Gasteiger partial charge in [0, 0.05) is 11.3 Å². The van der Waals surface area contributed by atoms with Crippen LogP contribution in [0.4, 0.5) is 14.5 Å². The standard InChI is InChI=1S/C19H18F2N2O5/c1-27-17(25)11-22-18(26)13-4-6-14(7-5-13)23-16(24)10-12-2-8-15(9-3-12)28-19(20)21/h2-9,19H,10-11H2,1H3,(H,22,26)(H,23,24). The van der Waals surface area contributed by atoms with E-state index in [4.69, 9.17) is 0 Å². The minimum atomic E-state index is -2.90. The maximum atomic E-state index is 12.1. The summed E-state index contributed by atoms with van der Waals surface area (Å²) in [5.41, 5.74) is 1.42. The molecule has 0 saturated carbocycles. The van der Waals surface area contributed by atoms with Crippen molar-refractivity contribution in [1.29, 1.82) is 0 Å². The second-order valence-electron chi connectivity index (χ2n) is 5.58. The predicted octanol–water partition coefficient (Wildman–Crippen LogP) is 2.37. The van der Waals surface area contributed by atoms with Gasteiger partial charge in [-0.05, 0) is 42.0 Å². The van der Waals surface area contributed by atoms with Crippen LogP contribution in [0.3, 0.4) is 0 Å². The van der Waals surface area contributed by atoms with Crippen molar-refractivity contribution in [3.05, 3.63) is 59.7 Å². The SMILES string of the molecule is COC(=O)CNC(=O)c1ccc(NC(=O)Cc2ccc(OC(F)F)cc2)cc1. The molecule has 28 heavy (non-hydrogen) atoms. The Labute approximate surface area is 159 Å². The molecule has 0 spiro atoms. The lowest BCUT2D eigenvalue weighted by molar-refractivity contribution is -0.139. The van der Waals surface area contributed by atoms with E-state index in [1.165, 1.54) is 43.5 Å². The molecule has 9 heteroatoms. The van der Waals surface area contributed by atoms with Gasteiger partial charge in [-0.1, -0.05) is 12.1 Å². The zero-order valence-electron chi connectivity index (χ0n) is 14.9. The van der Waals surface area contributed by atoms with E-state index in [9.17, 15) is 23.2 Å². The highest BCUT2D eigenvalue weighted by Gasteiger charge is 2.10. The minimum Gasteiger partial charge on any atom is -0.468 e. The summed E-state index contributed by atoms with van der Waals surface area (Å²) in [5, 5.41) is 5.07. The Morgan fingerprint density at radius 3 is 2.21 bits per heavy atom. The minimum absolute atomic E-state index is 0.0141. The molecule has 2 amide bonds. The molecule has 2 aromatic carbocycles. The summed E-state index contributed by atoms with van der Waals surface area (Å²) in [4.78, 5) is 35.0. The van der Waals surface area contributed by atoms with Crippen molar-refractivity contribution >= 4 is 23.5 Å². The maximum absolute atomic E-state index is 12.1. The van der Waals surface area contributed by atoms with Gasteiger partial charge in [0.05, 0.1) is 13.5 Å². The Kier molecular flexibility index (Phi) is 7.44. The molecular weight excluding hydrogens is 374 g/mol. The Hall–Kier alpha value is -3.49. The number of halogens is 2. The van der Waals surface area contributed by atoms with Crippen LogP contribution >= 0.6 is 0 Å². The summed E-state index contributed by atoms with van der Waals surface area (Å²) < 4.78 is 32.9. The van der Waals surface area contributed by atoms with Crippen molar-refractivity contribution < 1.29 is 32.6 Å². The van der Waals surface area contributed by atoms with Crippen LogP contribution < -0.4 is 15.4 Å². The number of ether oxygens (including phenoxy) is 2. The molecular formula is C19H18F2N2O5. The summed E-state index contributed by atoms with van der Waals surface area (Å²) in [6, 6.07) is 11.8. The molecule has 2 aromatic rings. The number of alkyl halides is 2. The first-order chi connectivity index (χ1) is 13.4. The number of carbonyl (C=O) groups is 3. The van der Waals surface area contributed by atoms with Crippen molar-refractivity contribution in [2.75, 3.05) is 19.0 Å². The van der Waals surface area contributed by atoms with Crippen molar-refractivity contribution in [3.63, 3.8) is 0 Å². The number of amides is 2. The normalized spacial score (nSPS) is 10.3. The van der Waals surface area contributed by atoms with Crippen LogP contribution in [0.1, 0.15) is 15.9 Å². The van der Waals surface area contributed by atoms with E-state index in [1.54, 1.807) is 12.1 Å². The summed E-state index contributed by atoms with van der Waals surface area (Å²) in [6.45, 7) is -3.14. The molecule has 0 aliphatic heterocycles. The lowest BCUT2D eigenvalue weighted by Gasteiger charge is -2.08. The molecule has 0 bridgehead atoms. The Morgan fingerprint density at radius 2 is 1.64 bits per heavy atom. The lowest BCUT2D eigenvalue weighted by atomic mass is 10.1. The quantitative estimate of drug-likeness (QED) is 0.673. The summed E-state index contributed by atoms with van der Waals surface area (Å²) in [7, 11) is 1.22.